The van der Waals surface area contributed by atoms with Crippen LogP contribution in [0.25, 0.3) is 0 Å². The summed E-state index contributed by atoms with van der Waals surface area (Å²) in [7, 11) is 1.83. The molecule has 1 heterocycles. The van der Waals surface area contributed by atoms with Crippen LogP contribution in [-0.4, -0.2) is 61.0 Å². The zero-order chi connectivity index (χ0) is 15.8. The average Bonchev–Trinajstić information content (AvgIpc) is 2.51. The molecule has 0 aromatic rings. The van der Waals surface area contributed by atoms with Crippen molar-refractivity contribution in [3.05, 3.63) is 0 Å². The molecule has 1 fully saturated rings. The SMILES string of the molecule is CCCNC(CC)(CO)CCCN1CCCC(C)(OC)C1. The van der Waals surface area contributed by atoms with Crippen molar-refractivity contribution in [2.75, 3.05) is 39.9 Å². The lowest BCUT2D eigenvalue weighted by Gasteiger charge is -2.40. The first kappa shape index (κ1) is 18.9. The van der Waals surface area contributed by atoms with Gasteiger partial charge in [-0.2, -0.15) is 0 Å². The molecule has 21 heavy (non-hydrogen) atoms. The molecule has 0 saturated carbocycles. The van der Waals surface area contributed by atoms with Crippen LogP contribution in [0.5, 0.6) is 0 Å². The van der Waals surface area contributed by atoms with Crippen LogP contribution in [0.4, 0.5) is 0 Å². The number of aliphatic hydroxyl groups is 1. The summed E-state index contributed by atoms with van der Waals surface area (Å²) in [5.74, 6) is 0. The van der Waals surface area contributed by atoms with E-state index in [1.807, 2.05) is 7.11 Å². The maximum atomic E-state index is 9.77. The number of piperidine rings is 1. The number of ether oxygens (including phenoxy) is 1. The fraction of sp³-hybridized carbons (Fsp3) is 1.00. The number of hydrogen-bond donors (Lipinski definition) is 2. The molecular weight excluding hydrogens is 264 g/mol. The number of nitrogens with one attached hydrogen (secondary N) is 1. The highest BCUT2D eigenvalue weighted by atomic mass is 16.5. The summed E-state index contributed by atoms with van der Waals surface area (Å²) in [5, 5.41) is 13.3. The van der Waals surface area contributed by atoms with Gasteiger partial charge in [-0.05, 0) is 65.1 Å². The van der Waals surface area contributed by atoms with Gasteiger partial charge in [0, 0.05) is 19.2 Å². The van der Waals surface area contributed by atoms with E-state index in [0.717, 1.165) is 51.7 Å². The third-order valence-electron chi connectivity index (χ3n) is 5.09. The lowest BCUT2D eigenvalue weighted by molar-refractivity contribution is -0.0513. The molecule has 126 valence electrons. The highest BCUT2D eigenvalue weighted by Gasteiger charge is 2.31. The largest absolute Gasteiger partial charge is 0.394 e. The second-order valence-corrected chi connectivity index (χ2v) is 6.86. The molecule has 2 N–H and O–H groups in total. The van der Waals surface area contributed by atoms with Crippen molar-refractivity contribution in [2.45, 2.75) is 70.4 Å². The van der Waals surface area contributed by atoms with Crippen molar-refractivity contribution in [1.29, 1.82) is 0 Å². The number of methoxy groups -OCH3 is 1. The molecule has 2 unspecified atom stereocenters. The molecule has 2 atom stereocenters. The van der Waals surface area contributed by atoms with Crippen molar-refractivity contribution >= 4 is 0 Å². The Kier molecular flexibility index (Phi) is 8.17. The third-order valence-corrected chi connectivity index (χ3v) is 5.09. The number of aliphatic hydroxyl groups excluding tert-OH is 1. The smallest absolute Gasteiger partial charge is 0.0777 e. The lowest BCUT2D eigenvalue weighted by Crippen LogP contribution is -2.50. The molecule has 0 aliphatic carbocycles. The highest BCUT2D eigenvalue weighted by molar-refractivity contribution is 4.88. The van der Waals surface area contributed by atoms with Crippen molar-refractivity contribution in [3.8, 4) is 0 Å². The van der Waals surface area contributed by atoms with E-state index in [9.17, 15) is 5.11 Å². The van der Waals surface area contributed by atoms with E-state index in [4.69, 9.17) is 4.74 Å². The van der Waals surface area contributed by atoms with Crippen molar-refractivity contribution in [2.24, 2.45) is 0 Å². The van der Waals surface area contributed by atoms with Crippen molar-refractivity contribution in [3.63, 3.8) is 0 Å². The Morgan fingerprint density at radius 2 is 2.14 bits per heavy atom. The molecule has 1 rings (SSSR count). The van der Waals surface area contributed by atoms with Crippen LogP contribution in [0.1, 0.15) is 59.3 Å². The first-order chi connectivity index (χ1) is 10.0. The molecule has 0 radical (unpaired) electrons. The molecule has 0 aromatic carbocycles. The standard InChI is InChI=1S/C17H36N2O2/c1-5-11-18-17(6-2,15-20)10-8-13-19-12-7-9-16(3,14-19)21-4/h18,20H,5-15H2,1-4H3. The Labute approximate surface area is 131 Å². The average molecular weight is 300 g/mol. The first-order valence-electron chi connectivity index (χ1n) is 8.66. The number of rotatable bonds is 10. The Balaban J connectivity index is 2.39. The van der Waals surface area contributed by atoms with E-state index >= 15 is 0 Å². The Morgan fingerprint density at radius 1 is 1.38 bits per heavy atom. The molecule has 1 saturated heterocycles. The zero-order valence-electron chi connectivity index (χ0n) is 14.6. The third kappa shape index (κ3) is 5.85. The quantitative estimate of drug-likeness (QED) is 0.650. The van der Waals surface area contributed by atoms with Crippen LogP contribution < -0.4 is 5.32 Å². The monoisotopic (exact) mass is 300 g/mol. The molecular formula is C17H36N2O2. The minimum absolute atomic E-state index is 0.0253. The van der Waals surface area contributed by atoms with Gasteiger partial charge in [0.15, 0.2) is 0 Å². The Hall–Kier alpha value is -0.160. The number of nitrogens with zero attached hydrogens (tertiary/aromatic N) is 1. The van der Waals surface area contributed by atoms with Gasteiger partial charge in [0.25, 0.3) is 0 Å². The second-order valence-electron chi connectivity index (χ2n) is 6.86. The van der Waals surface area contributed by atoms with E-state index in [-0.39, 0.29) is 17.7 Å². The van der Waals surface area contributed by atoms with Gasteiger partial charge in [-0.25, -0.2) is 0 Å². The molecule has 0 bridgehead atoms. The predicted octanol–water partition coefficient (Wildman–Crippen LogP) is 2.41. The number of likely N-dealkylation sites (tertiary alicyclic amines) is 1. The van der Waals surface area contributed by atoms with Gasteiger partial charge in [0.05, 0.1) is 12.2 Å². The molecule has 1 aliphatic rings. The zero-order valence-corrected chi connectivity index (χ0v) is 14.6. The molecule has 1 aliphatic heterocycles. The van der Waals surface area contributed by atoms with Crippen LogP contribution in [0.2, 0.25) is 0 Å². The molecule has 0 spiro atoms. The summed E-state index contributed by atoms with van der Waals surface area (Å²) in [6.45, 7) is 11.1. The van der Waals surface area contributed by atoms with Gasteiger partial charge in [-0.15, -0.1) is 0 Å². The predicted molar refractivity (Wildman–Crippen MR) is 88.7 cm³/mol. The van der Waals surface area contributed by atoms with Crippen molar-refractivity contribution < 1.29 is 9.84 Å². The fourth-order valence-electron chi connectivity index (χ4n) is 3.33. The summed E-state index contributed by atoms with van der Waals surface area (Å²) in [4.78, 5) is 2.52. The minimum Gasteiger partial charge on any atom is -0.394 e. The van der Waals surface area contributed by atoms with E-state index in [1.165, 1.54) is 13.0 Å². The molecule has 0 aromatic heterocycles. The summed E-state index contributed by atoms with van der Waals surface area (Å²) < 4.78 is 5.66. The Morgan fingerprint density at radius 3 is 2.71 bits per heavy atom. The number of hydrogen-bond acceptors (Lipinski definition) is 4. The molecule has 4 nitrogen and oxygen atoms in total. The van der Waals surface area contributed by atoms with Gasteiger partial charge in [0.2, 0.25) is 0 Å². The summed E-state index contributed by atoms with van der Waals surface area (Å²) >= 11 is 0. The minimum atomic E-state index is -0.0869. The van der Waals surface area contributed by atoms with Crippen LogP contribution in [-0.2, 0) is 4.74 Å². The van der Waals surface area contributed by atoms with E-state index < -0.39 is 0 Å². The van der Waals surface area contributed by atoms with Crippen LogP contribution in [0, 0.1) is 0 Å². The summed E-state index contributed by atoms with van der Waals surface area (Å²) in [5.41, 5.74) is -0.0616. The van der Waals surface area contributed by atoms with E-state index in [1.54, 1.807) is 0 Å². The maximum Gasteiger partial charge on any atom is 0.0777 e. The fourth-order valence-corrected chi connectivity index (χ4v) is 3.33. The van der Waals surface area contributed by atoms with Gasteiger partial charge in [0.1, 0.15) is 0 Å². The normalized spacial score (nSPS) is 26.7. The van der Waals surface area contributed by atoms with E-state index in [2.05, 4.69) is 31.0 Å². The van der Waals surface area contributed by atoms with Crippen LogP contribution >= 0.6 is 0 Å². The summed E-state index contributed by atoms with van der Waals surface area (Å²) in [6, 6.07) is 0. The molecule has 0 amide bonds. The second kappa shape index (κ2) is 9.09. The van der Waals surface area contributed by atoms with Crippen molar-refractivity contribution in [1.82, 2.24) is 10.2 Å². The van der Waals surface area contributed by atoms with Gasteiger partial charge in [-0.1, -0.05) is 13.8 Å². The maximum absolute atomic E-state index is 9.77. The molecule has 4 heteroatoms. The van der Waals surface area contributed by atoms with Gasteiger partial charge < -0.3 is 20.1 Å². The van der Waals surface area contributed by atoms with Crippen LogP contribution in [0.15, 0.2) is 0 Å². The van der Waals surface area contributed by atoms with Gasteiger partial charge >= 0.3 is 0 Å². The highest BCUT2D eigenvalue weighted by Crippen LogP contribution is 2.25. The van der Waals surface area contributed by atoms with E-state index in [0.29, 0.717) is 0 Å². The topological polar surface area (TPSA) is 44.7 Å². The van der Waals surface area contributed by atoms with Crippen LogP contribution in [0.3, 0.4) is 0 Å². The summed E-state index contributed by atoms with van der Waals surface area (Å²) in [6.07, 6.45) is 6.65. The Bertz CT molecular complexity index is 282. The van der Waals surface area contributed by atoms with Gasteiger partial charge in [-0.3, -0.25) is 0 Å². The lowest BCUT2D eigenvalue weighted by atomic mass is 9.90. The first-order valence-corrected chi connectivity index (χ1v) is 8.66.